The first-order valence-corrected chi connectivity index (χ1v) is 3.34. The third-order valence-electron chi connectivity index (χ3n) is 1.45. The molecule has 1 aliphatic heterocycles. The Balaban J connectivity index is 2.60. The topological polar surface area (TPSA) is 66.8 Å². The first kappa shape index (κ1) is 8.16. The van der Waals surface area contributed by atoms with Gasteiger partial charge in [-0.05, 0) is 6.92 Å². The average molecular weight is 159 g/mol. The standard InChI is InChI=1S/C6H9NO4/c1-2-11-4-3-5(8)7(10)6(4)9/h4,10H,2-3H2,1H3. The van der Waals surface area contributed by atoms with Gasteiger partial charge in [-0.1, -0.05) is 0 Å². The highest BCUT2D eigenvalue weighted by atomic mass is 16.5. The molecule has 1 saturated heterocycles. The number of rotatable bonds is 2. The maximum Gasteiger partial charge on any atom is 0.282 e. The smallest absolute Gasteiger partial charge is 0.282 e. The fourth-order valence-electron chi connectivity index (χ4n) is 0.923. The van der Waals surface area contributed by atoms with Gasteiger partial charge >= 0.3 is 0 Å². The molecule has 2 amide bonds. The van der Waals surface area contributed by atoms with Crippen molar-refractivity contribution in [2.75, 3.05) is 6.61 Å². The summed E-state index contributed by atoms with van der Waals surface area (Å²) >= 11 is 0. The Morgan fingerprint density at radius 2 is 2.36 bits per heavy atom. The summed E-state index contributed by atoms with van der Waals surface area (Å²) in [7, 11) is 0. The minimum atomic E-state index is -0.780. The summed E-state index contributed by atoms with van der Waals surface area (Å²) in [6.07, 6.45) is -0.833. The van der Waals surface area contributed by atoms with Gasteiger partial charge in [-0.15, -0.1) is 0 Å². The monoisotopic (exact) mass is 159 g/mol. The highest BCUT2D eigenvalue weighted by molar-refractivity contribution is 6.03. The maximum atomic E-state index is 10.8. The number of hydrogen-bond donors (Lipinski definition) is 1. The maximum absolute atomic E-state index is 10.8. The van der Waals surface area contributed by atoms with Gasteiger partial charge in [-0.3, -0.25) is 14.8 Å². The zero-order valence-corrected chi connectivity index (χ0v) is 6.11. The van der Waals surface area contributed by atoms with Gasteiger partial charge in [-0.2, -0.15) is 5.06 Å². The lowest BCUT2D eigenvalue weighted by Gasteiger charge is -2.05. The van der Waals surface area contributed by atoms with Crippen LogP contribution in [0.15, 0.2) is 0 Å². The summed E-state index contributed by atoms with van der Waals surface area (Å²) in [5.74, 6) is -1.27. The molecule has 0 saturated carbocycles. The van der Waals surface area contributed by atoms with E-state index in [-0.39, 0.29) is 11.5 Å². The van der Waals surface area contributed by atoms with E-state index in [9.17, 15) is 9.59 Å². The van der Waals surface area contributed by atoms with Crippen LogP contribution in [0.25, 0.3) is 0 Å². The van der Waals surface area contributed by atoms with E-state index in [0.717, 1.165) is 0 Å². The van der Waals surface area contributed by atoms with Crippen molar-refractivity contribution in [2.24, 2.45) is 0 Å². The molecule has 5 heteroatoms. The molecule has 0 aromatic heterocycles. The van der Waals surface area contributed by atoms with Crippen LogP contribution < -0.4 is 0 Å². The fourth-order valence-corrected chi connectivity index (χ4v) is 0.923. The molecular weight excluding hydrogens is 150 g/mol. The van der Waals surface area contributed by atoms with E-state index < -0.39 is 17.9 Å². The van der Waals surface area contributed by atoms with Crippen molar-refractivity contribution >= 4 is 11.8 Å². The number of amides is 2. The summed E-state index contributed by atoms with van der Waals surface area (Å²) < 4.78 is 4.88. The first-order chi connectivity index (χ1) is 5.16. The van der Waals surface area contributed by atoms with Gasteiger partial charge in [0.2, 0.25) is 0 Å². The molecule has 1 unspecified atom stereocenters. The second-order valence-corrected chi connectivity index (χ2v) is 2.19. The van der Waals surface area contributed by atoms with Crippen LogP contribution in [0.1, 0.15) is 13.3 Å². The minimum absolute atomic E-state index is 0.0524. The molecule has 0 bridgehead atoms. The molecule has 5 nitrogen and oxygen atoms in total. The van der Waals surface area contributed by atoms with Crippen molar-refractivity contribution in [1.82, 2.24) is 5.06 Å². The van der Waals surface area contributed by atoms with Gasteiger partial charge in [0.15, 0.2) is 0 Å². The van der Waals surface area contributed by atoms with Crippen LogP contribution in [0.3, 0.4) is 0 Å². The van der Waals surface area contributed by atoms with E-state index in [1.165, 1.54) is 0 Å². The Bertz CT molecular complexity index is 191. The van der Waals surface area contributed by atoms with Gasteiger partial charge in [0, 0.05) is 6.61 Å². The highest BCUT2D eigenvalue weighted by Crippen LogP contribution is 2.13. The lowest BCUT2D eigenvalue weighted by Crippen LogP contribution is -2.29. The molecule has 0 aliphatic carbocycles. The average Bonchev–Trinajstić information content (AvgIpc) is 2.19. The highest BCUT2D eigenvalue weighted by Gasteiger charge is 2.38. The van der Waals surface area contributed by atoms with Crippen LogP contribution in [-0.2, 0) is 14.3 Å². The van der Waals surface area contributed by atoms with Crippen LogP contribution in [0.5, 0.6) is 0 Å². The number of ether oxygens (including phenoxy) is 1. The number of carbonyl (C=O) groups excluding carboxylic acids is 2. The Morgan fingerprint density at radius 3 is 2.73 bits per heavy atom. The molecular formula is C6H9NO4. The largest absolute Gasteiger partial charge is 0.368 e. The van der Waals surface area contributed by atoms with Crippen LogP contribution >= 0.6 is 0 Å². The normalized spacial score (nSPS) is 24.9. The molecule has 1 rings (SSSR count). The quantitative estimate of drug-likeness (QED) is 0.437. The van der Waals surface area contributed by atoms with Crippen LogP contribution in [-0.4, -0.2) is 34.8 Å². The molecule has 1 heterocycles. The number of carbonyl (C=O) groups is 2. The molecule has 62 valence electrons. The number of hydrogen-bond acceptors (Lipinski definition) is 4. The van der Waals surface area contributed by atoms with Crippen molar-refractivity contribution < 1.29 is 19.5 Å². The first-order valence-electron chi connectivity index (χ1n) is 3.34. The third kappa shape index (κ3) is 1.38. The lowest BCUT2D eigenvalue weighted by molar-refractivity contribution is -0.174. The molecule has 0 radical (unpaired) electrons. The molecule has 1 atom stereocenters. The lowest BCUT2D eigenvalue weighted by atomic mass is 10.3. The van der Waals surface area contributed by atoms with E-state index in [1.54, 1.807) is 6.92 Å². The molecule has 0 aromatic carbocycles. The molecule has 1 N–H and O–H groups in total. The van der Waals surface area contributed by atoms with Gasteiger partial charge < -0.3 is 4.74 Å². The molecule has 1 aliphatic rings. The van der Waals surface area contributed by atoms with Gasteiger partial charge in [0.05, 0.1) is 6.42 Å². The molecule has 11 heavy (non-hydrogen) atoms. The third-order valence-corrected chi connectivity index (χ3v) is 1.45. The Hall–Kier alpha value is -0.940. The number of imide groups is 1. The number of nitrogens with zero attached hydrogens (tertiary/aromatic N) is 1. The van der Waals surface area contributed by atoms with E-state index in [2.05, 4.69) is 0 Å². The second kappa shape index (κ2) is 2.98. The van der Waals surface area contributed by atoms with E-state index in [1.807, 2.05) is 0 Å². The van der Waals surface area contributed by atoms with Crippen molar-refractivity contribution in [3.63, 3.8) is 0 Å². The van der Waals surface area contributed by atoms with Crippen LogP contribution in [0.2, 0.25) is 0 Å². The summed E-state index contributed by atoms with van der Waals surface area (Å²) in [5.41, 5.74) is 0. The predicted molar refractivity (Wildman–Crippen MR) is 33.7 cm³/mol. The second-order valence-electron chi connectivity index (χ2n) is 2.19. The fraction of sp³-hybridized carbons (Fsp3) is 0.667. The summed E-state index contributed by atoms with van der Waals surface area (Å²) in [4.78, 5) is 21.5. The van der Waals surface area contributed by atoms with E-state index in [0.29, 0.717) is 6.61 Å². The minimum Gasteiger partial charge on any atom is -0.368 e. The molecule has 1 fully saturated rings. The van der Waals surface area contributed by atoms with E-state index >= 15 is 0 Å². The van der Waals surface area contributed by atoms with E-state index in [4.69, 9.17) is 9.94 Å². The Morgan fingerprint density at radius 1 is 1.73 bits per heavy atom. The van der Waals surface area contributed by atoms with Crippen molar-refractivity contribution in [3.05, 3.63) is 0 Å². The van der Waals surface area contributed by atoms with Gasteiger partial charge in [0.25, 0.3) is 11.8 Å². The zero-order valence-electron chi connectivity index (χ0n) is 6.11. The van der Waals surface area contributed by atoms with Crippen molar-refractivity contribution in [1.29, 1.82) is 0 Å². The Kier molecular flexibility index (Phi) is 2.21. The molecule has 0 spiro atoms. The summed E-state index contributed by atoms with van der Waals surface area (Å²) in [6, 6.07) is 0. The summed E-state index contributed by atoms with van der Waals surface area (Å²) in [5, 5.41) is 8.83. The zero-order chi connectivity index (χ0) is 8.43. The van der Waals surface area contributed by atoms with Gasteiger partial charge in [0.1, 0.15) is 6.10 Å². The van der Waals surface area contributed by atoms with Crippen molar-refractivity contribution in [3.8, 4) is 0 Å². The SMILES string of the molecule is CCOC1CC(=O)N(O)C1=O. The number of hydroxylamine groups is 2. The predicted octanol–water partition coefficient (Wildman–Crippen LogP) is -0.460. The van der Waals surface area contributed by atoms with Gasteiger partial charge in [-0.25, -0.2) is 0 Å². The van der Waals surface area contributed by atoms with Crippen molar-refractivity contribution in [2.45, 2.75) is 19.4 Å². The Labute approximate surface area is 63.5 Å². The summed E-state index contributed by atoms with van der Waals surface area (Å²) in [6.45, 7) is 2.08. The van der Waals surface area contributed by atoms with Crippen LogP contribution in [0.4, 0.5) is 0 Å². The molecule has 0 aromatic rings. The van der Waals surface area contributed by atoms with Crippen LogP contribution in [0, 0.1) is 0 Å².